The number of ether oxygens (including phenoxy) is 3. The zero-order valence-corrected chi connectivity index (χ0v) is 30.4. The smallest absolute Gasteiger partial charge is 0.325 e. The van der Waals surface area contributed by atoms with Crippen LogP contribution in [0.3, 0.4) is 0 Å². The van der Waals surface area contributed by atoms with Crippen LogP contribution in [0.15, 0.2) is 0 Å². The molecular weight excluding hydrogens is 558 g/mol. The molecule has 1 aromatic heterocycles. The molecular formula is C39H75N3O3. The molecule has 45 heavy (non-hydrogen) atoms. The van der Waals surface area contributed by atoms with Crippen LogP contribution in [0.4, 0.5) is 0 Å². The molecule has 0 aliphatic carbocycles. The van der Waals surface area contributed by atoms with E-state index in [4.69, 9.17) is 14.2 Å². The van der Waals surface area contributed by atoms with Gasteiger partial charge in [-0.2, -0.15) is 0 Å². The summed E-state index contributed by atoms with van der Waals surface area (Å²) in [6, 6.07) is 0.992. The summed E-state index contributed by atoms with van der Waals surface area (Å²) in [5, 5.41) is 0. The number of hydrogen-bond acceptors (Lipinski definition) is 6. The second-order valence-corrected chi connectivity index (χ2v) is 13.3. The van der Waals surface area contributed by atoms with E-state index in [2.05, 4.69) is 35.7 Å². The lowest BCUT2D eigenvalue weighted by Gasteiger charge is -2.10. The van der Waals surface area contributed by atoms with Crippen LogP contribution in [0, 0.1) is 0 Å². The molecule has 1 aromatic rings. The lowest BCUT2D eigenvalue weighted by atomic mass is 10.1. The third kappa shape index (κ3) is 28.4. The molecule has 264 valence electrons. The van der Waals surface area contributed by atoms with Crippen molar-refractivity contribution in [2.75, 3.05) is 19.8 Å². The van der Waals surface area contributed by atoms with E-state index in [1.54, 1.807) is 0 Å². The number of nitrogens with zero attached hydrogens (tertiary/aromatic N) is 3. The molecule has 1 rings (SSSR count). The summed E-state index contributed by atoms with van der Waals surface area (Å²) in [6.07, 6.45) is 39.1. The number of rotatable bonds is 36. The topological polar surface area (TPSA) is 66.4 Å². The summed E-state index contributed by atoms with van der Waals surface area (Å²) in [5.41, 5.74) is 0. The van der Waals surface area contributed by atoms with Gasteiger partial charge in [0, 0.05) is 0 Å². The molecule has 0 aromatic carbocycles. The van der Waals surface area contributed by atoms with Crippen LogP contribution in [0.2, 0.25) is 0 Å². The third-order valence-corrected chi connectivity index (χ3v) is 8.76. The summed E-state index contributed by atoms with van der Waals surface area (Å²) in [7, 11) is 0. The minimum Gasteiger partial charge on any atom is -0.463 e. The van der Waals surface area contributed by atoms with Crippen molar-refractivity contribution < 1.29 is 14.2 Å². The third-order valence-electron chi connectivity index (χ3n) is 8.76. The molecule has 0 aliphatic heterocycles. The highest BCUT2D eigenvalue weighted by molar-refractivity contribution is 5.09. The van der Waals surface area contributed by atoms with E-state index in [0.29, 0.717) is 37.9 Å². The van der Waals surface area contributed by atoms with Gasteiger partial charge in [-0.1, -0.05) is 194 Å². The largest absolute Gasteiger partial charge is 0.463 e. The molecule has 0 aliphatic rings. The van der Waals surface area contributed by atoms with Crippen molar-refractivity contribution >= 4 is 0 Å². The second-order valence-electron chi connectivity index (χ2n) is 13.3. The summed E-state index contributed by atoms with van der Waals surface area (Å²) in [4.78, 5) is 13.4. The maximum absolute atomic E-state index is 5.95. The Hall–Kier alpha value is -1.59. The maximum atomic E-state index is 5.95. The fourth-order valence-corrected chi connectivity index (χ4v) is 5.77. The highest BCUT2D eigenvalue weighted by Gasteiger charge is 2.10. The van der Waals surface area contributed by atoms with Gasteiger partial charge in [0.05, 0.1) is 19.8 Å². The van der Waals surface area contributed by atoms with Gasteiger partial charge in [0.1, 0.15) is 0 Å². The van der Waals surface area contributed by atoms with E-state index in [-0.39, 0.29) is 0 Å². The molecule has 0 radical (unpaired) electrons. The summed E-state index contributed by atoms with van der Waals surface area (Å²) < 4.78 is 17.9. The number of aromatic nitrogens is 3. The lowest BCUT2D eigenvalue weighted by molar-refractivity contribution is 0.227. The average molecular weight is 634 g/mol. The standard InChI is InChI=1S/C39H75N3O3/c1-4-7-10-13-16-19-22-25-28-31-34-43-37-40-38(44-35-32-29-26-23-20-17-14-11-8-5-2)42-39(41-37)45-36-33-30-27-24-21-18-15-12-9-6-3/h4-36H2,1-3H3. The fourth-order valence-electron chi connectivity index (χ4n) is 5.77. The van der Waals surface area contributed by atoms with Crippen LogP contribution < -0.4 is 14.2 Å². The van der Waals surface area contributed by atoms with Crippen molar-refractivity contribution in [2.45, 2.75) is 213 Å². The van der Waals surface area contributed by atoms with Gasteiger partial charge < -0.3 is 14.2 Å². The van der Waals surface area contributed by atoms with Gasteiger partial charge in [-0.05, 0) is 19.3 Å². The first-order chi connectivity index (χ1) is 22.3. The monoisotopic (exact) mass is 634 g/mol. The zero-order chi connectivity index (χ0) is 32.3. The Kier molecular flexibility index (Phi) is 31.1. The Morgan fingerprint density at radius 1 is 0.267 bits per heavy atom. The van der Waals surface area contributed by atoms with Crippen LogP contribution in [-0.4, -0.2) is 34.8 Å². The molecule has 0 saturated heterocycles. The average Bonchev–Trinajstić information content (AvgIpc) is 3.05. The molecule has 0 amide bonds. The fraction of sp³-hybridized carbons (Fsp3) is 0.923. The first-order valence-corrected chi connectivity index (χ1v) is 19.9. The number of hydrogen-bond donors (Lipinski definition) is 0. The number of unbranched alkanes of at least 4 members (excludes halogenated alkanes) is 27. The van der Waals surface area contributed by atoms with Gasteiger partial charge in [0.15, 0.2) is 0 Å². The molecule has 0 saturated carbocycles. The molecule has 0 fully saturated rings. The van der Waals surface area contributed by atoms with E-state index < -0.39 is 0 Å². The highest BCUT2D eigenvalue weighted by atomic mass is 16.5. The van der Waals surface area contributed by atoms with Crippen LogP contribution in [0.1, 0.15) is 213 Å². The zero-order valence-electron chi connectivity index (χ0n) is 30.4. The molecule has 0 unspecified atom stereocenters. The normalized spacial score (nSPS) is 11.3. The Morgan fingerprint density at radius 2 is 0.444 bits per heavy atom. The maximum Gasteiger partial charge on any atom is 0.325 e. The van der Waals surface area contributed by atoms with Crippen molar-refractivity contribution in [3.05, 3.63) is 0 Å². The molecule has 1 heterocycles. The molecule has 0 bridgehead atoms. The van der Waals surface area contributed by atoms with E-state index in [1.807, 2.05) is 0 Å². The van der Waals surface area contributed by atoms with E-state index in [1.165, 1.54) is 173 Å². The minimum atomic E-state index is 0.331. The quantitative estimate of drug-likeness (QED) is 0.0685. The van der Waals surface area contributed by atoms with E-state index in [0.717, 1.165) is 19.3 Å². The predicted octanol–water partition coefficient (Wildman–Crippen LogP) is 12.8. The van der Waals surface area contributed by atoms with Gasteiger partial charge in [-0.15, -0.1) is 15.0 Å². The summed E-state index contributed by atoms with van der Waals surface area (Å²) >= 11 is 0. The highest BCUT2D eigenvalue weighted by Crippen LogP contribution is 2.18. The van der Waals surface area contributed by atoms with Crippen molar-refractivity contribution in [3.8, 4) is 18.0 Å². The molecule has 0 atom stereocenters. The van der Waals surface area contributed by atoms with Crippen LogP contribution in [0.5, 0.6) is 18.0 Å². The Labute approximate surface area is 280 Å². The van der Waals surface area contributed by atoms with Gasteiger partial charge in [0.2, 0.25) is 0 Å². The van der Waals surface area contributed by atoms with Gasteiger partial charge in [0.25, 0.3) is 0 Å². The van der Waals surface area contributed by atoms with Gasteiger partial charge in [-0.3, -0.25) is 0 Å². The molecule has 6 nitrogen and oxygen atoms in total. The predicted molar refractivity (Wildman–Crippen MR) is 192 cm³/mol. The summed E-state index contributed by atoms with van der Waals surface area (Å²) in [5.74, 6) is 0. The van der Waals surface area contributed by atoms with E-state index >= 15 is 0 Å². The molecule has 0 spiro atoms. The van der Waals surface area contributed by atoms with Crippen molar-refractivity contribution in [3.63, 3.8) is 0 Å². The van der Waals surface area contributed by atoms with Crippen LogP contribution in [-0.2, 0) is 0 Å². The first kappa shape index (κ1) is 41.4. The Morgan fingerprint density at radius 3 is 0.644 bits per heavy atom. The van der Waals surface area contributed by atoms with Crippen LogP contribution >= 0.6 is 0 Å². The van der Waals surface area contributed by atoms with Crippen molar-refractivity contribution in [1.29, 1.82) is 0 Å². The van der Waals surface area contributed by atoms with Gasteiger partial charge in [-0.25, -0.2) is 0 Å². The summed E-state index contributed by atoms with van der Waals surface area (Å²) in [6.45, 7) is 8.70. The van der Waals surface area contributed by atoms with E-state index in [9.17, 15) is 0 Å². The SMILES string of the molecule is CCCCCCCCCCCCOc1nc(OCCCCCCCCCCCC)nc(OCCCCCCCCCCCC)n1. The first-order valence-electron chi connectivity index (χ1n) is 19.9. The van der Waals surface area contributed by atoms with Crippen LogP contribution in [0.25, 0.3) is 0 Å². The second kappa shape index (κ2) is 33.8. The van der Waals surface area contributed by atoms with Crippen molar-refractivity contribution in [1.82, 2.24) is 15.0 Å². The Balaban J connectivity index is 2.33. The Bertz CT molecular complexity index is 626. The lowest BCUT2D eigenvalue weighted by Crippen LogP contribution is -2.09. The van der Waals surface area contributed by atoms with Gasteiger partial charge >= 0.3 is 18.0 Å². The minimum absolute atomic E-state index is 0.331. The van der Waals surface area contributed by atoms with Crippen molar-refractivity contribution in [2.24, 2.45) is 0 Å². The molecule has 0 N–H and O–H groups in total. The molecule has 6 heteroatoms.